The van der Waals surface area contributed by atoms with Crippen molar-refractivity contribution in [2.75, 3.05) is 31.5 Å². The average molecular weight is 586 g/mol. The number of furan rings is 1. The molecule has 1 aromatic carbocycles. The Bertz CT molecular complexity index is 1650. The van der Waals surface area contributed by atoms with Gasteiger partial charge >= 0.3 is 0 Å². The molecule has 0 unspecified atom stereocenters. The summed E-state index contributed by atoms with van der Waals surface area (Å²) in [5, 5.41) is 2.81. The molecule has 0 spiro atoms. The number of benzene rings is 1. The highest BCUT2D eigenvalue weighted by Gasteiger charge is 2.43. The van der Waals surface area contributed by atoms with Gasteiger partial charge in [0, 0.05) is 19.2 Å². The first kappa shape index (κ1) is 30.0. The van der Waals surface area contributed by atoms with E-state index in [4.69, 9.17) is 18.6 Å². The third kappa shape index (κ3) is 6.06. The van der Waals surface area contributed by atoms with E-state index in [1.807, 2.05) is 43.1 Å². The van der Waals surface area contributed by atoms with Crippen molar-refractivity contribution in [3.05, 3.63) is 87.6 Å². The summed E-state index contributed by atoms with van der Waals surface area (Å²) in [6.07, 6.45) is 0.537. The average Bonchev–Trinajstić information content (AvgIpc) is 3.48. The van der Waals surface area contributed by atoms with E-state index in [2.05, 4.69) is 67.0 Å². The highest BCUT2D eigenvalue weighted by atomic mass is 16.5. The summed E-state index contributed by atoms with van der Waals surface area (Å²) < 4.78 is 23.4. The molecular formula is C33H39N5O5. The lowest BCUT2D eigenvalue weighted by Gasteiger charge is -2.24. The molecule has 0 radical (unpaired) electrons. The molecule has 4 heterocycles. The summed E-state index contributed by atoms with van der Waals surface area (Å²) in [4.78, 5) is 28.7. The lowest BCUT2D eigenvalue weighted by atomic mass is 9.86. The maximum absolute atomic E-state index is 13.3. The van der Waals surface area contributed by atoms with Gasteiger partial charge in [0.15, 0.2) is 11.4 Å². The molecule has 10 heteroatoms. The van der Waals surface area contributed by atoms with Crippen LogP contribution in [0.2, 0.25) is 0 Å². The van der Waals surface area contributed by atoms with Crippen molar-refractivity contribution in [2.45, 2.75) is 65.7 Å². The number of fused-ring (bicyclic) bond motifs is 1. The van der Waals surface area contributed by atoms with Crippen molar-refractivity contribution in [1.29, 1.82) is 0 Å². The van der Waals surface area contributed by atoms with E-state index in [0.29, 0.717) is 24.7 Å². The highest BCUT2D eigenvalue weighted by molar-refractivity contribution is 6.03. The summed E-state index contributed by atoms with van der Waals surface area (Å²) in [6, 6.07) is 13.7. The first-order valence-electron chi connectivity index (χ1n) is 14.2. The van der Waals surface area contributed by atoms with Crippen LogP contribution in [0.1, 0.15) is 77.7 Å². The zero-order chi connectivity index (χ0) is 31.1. The predicted molar refractivity (Wildman–Crippen MR) is 164 cm³/mol. The summed E-state index contributed by atoms with van der Waals surface area (Å²) in [5.74, 6) is 1.02. The van der Waals surface area contributed by atoms with E-state index in [9.17, 15) is 4.79 Å². The second kappa shape index (κ2) is 11.3. The van der Waals surface area contributed by atoms with Gasteiger partial charge in [-0.25, -0.2) is 0 Å². The number of ether oxygens (including phenoxy) is 3. The van der Waals surface area contributed by atoms with Crippen LogP contribution in [0, 0.1) is 13.8 Å². The topological polar surface area (TPSA) is 112 Å². The number of methoxy groups -OCH3 is 2. The van der Waals surface area contributed by atoms with Gasteiger partial charge in [0.25, 0.3) is 5.91 Å². The first-order chi connectivity index (χ1) is 20.3. The Morgan fingerprint density at radius 2 is 1.58 bits per heavy atom. The minimum Gasteiger partial charge on any atom is -0.479 e. The number of pyridine rings is 1. The molecule has 0 bridgehead atoms. The first-order valence-corrected chi connectivity index (χ1v) is 14.2. The molecule has 0 fully saturated rings. The van der Waals surface area contributed by atoms with Gasteiger partial charge in [0.1, 0.15) is 5.76 Å². The molecule has 4 aromatic rings. The van der Waals surface area contributed by atoms with E-state index in [-0.39, 0.29) is 28.8 Å². The van der Waals surface area contributed by atoms with Crippen LogP contribution in [0.3, 0.4) is 0 Å². The van der Waals surface area contributed by atoms with E-state index < -0.39 is 11.5 Å². The largest absolute Gasteiger partial charge is 0.479 e. The van der Waals surface area contributed by atoms with E-state index in [1.54, 1.807) is 6.07 Å². The van der Waals surface area contributed by atoms with Crippen molar-refractivity contribution in [1.82, 2.24) is 15.0 Å². The number of hydrogen-bond acceptors (Lipinski definition) is 9. The summed E-state index contributed by atoms with van der Waals surface area (Å²) in [6.45, 7) is 12.9. The number of rotatable bonds is 9. The van der Waals surface area contributed by atoms with Gasteiger partial charge in [-0.15, -0.1) is 0 Å². The molecule has 1 aliphatic rings. The number of hydrogen-bond donors (Lipinski definition) is 1. The monoisotopic (exact) mass is 585 g/mol. The van der Waals surface area contributed by atoms with Gasteiger partial charge in [0.2, 0.25) is 17.7 Å². The van der Waals surface area contributed by atoms with Crippen LogP contribution in [-0.2, 0) is 28.9 Å². The molecule has 10 nitrogen and oxygen atoms in total. The van der Waals surface area contributed by atoms with Crippen LogP contribution in [0.25, 0.3) is 0 Å². The minimum absolute atomic E-state index is 0.148. The summed E-state index contributed by atoms with van der Waals surface area (Å²) >= 11 is 0. The standard InChI is InChI=1S/C33H39N5O5/c1-19-15-24-25(33(5,6)43-32(24,3)4)17-21(19)16-23-13-14-26(42-23)28(39)35-27-29(40-8)36-31(37-30(27)41-9)38(7)18-22-12-10-11-20(2)34-22/h10-15,17H,16,18H2,1-9H3,(H,35,39). The lowest BCUT2D eigenvalue weighted by Crippen LogP contribution is -2.22. The van der Waals surface area contributed by atoms with Gasteiger partial charge in [-0.1, -0.05) is 18.2 Å². The fourth-order valence-electron chi connectivity index (χ4n) is 5.63. The molecule has 1 amide bonds. The van der Waals surface area contributed by atoms with E-state index in [1.165, 1.54) is 25.3 Å². The molecule has 0 saturated carbocycles. The number of anilines is 2. The SMILES string of the molecule is COc1nc(N(C)Cc2cccc(C)n2)nc(OC)c1NC(=O)c1ccc(Cc2cc3c(cc2C)C(C)(C)OC3(C)C)o1. The Morgan fingerprint density at radius 3 is 2.21 bits per heavy atom. The number of nitrogens with one attached hydrogen (secondary N) is 1. The Balaban J connectivity index is 1.34. The normalized spacial score (nSPS) is 14.7. The fourth-order valence-corrected chi connectivity index (χ4v) is 5.63. The number of nitrogens with zero attached hydrogens (tertiary/aromatic N) is 4. The van der Waals surface area contributed by atoms with Gasteiger partial charge < -0.3 is 28.8 Å². The Labute approximate surface area is 252 Å². The molecule has 1 aliphatic heterocycles. The smallest absolute Gasteiger partial charge is 0.291 e. The molecule has 0 atom stereocenters. The van der Waals surface area contributed by atoms with Crippen molar-refractivity contribution in [3.63, 3.8) is 0 Å². The summed E-state index contributed by atoms with van der Waals surface area (Å²) in [5.41, 5.74) is 5.89. The molecule has 226 valence electrons. The molecule has 1 N–H and O–H groups in total. The molecule has 0 saturated heterocycles. The van der Waals surface area contributed by atoms with Gasteiger partial charge in [-0.2, -0.15) is 9.97 Å². The van der Waals surface area contributed by atoms with Crippen LogP contribution in [0.15, 0.2) is 46.9 Å². The quantitative estimate of drug-likeness (QED) is 0.250. The maximum atomic E-state index is 13.3. The molecule has 43 heavy (non-hydrogen) atoms. The summed E-state index contributed by atoms with van der Waals surface area (Å²) in [7, 11) is 4.79. The van der Waals surface area contributed by atoms with Crippen molar-refractivity contribution in [2.24, 2.45) is 0 Å². The maximum Gasteiger partial charge on any atom is 0.291 e. The fraction of sp³-hybridized carbons (Fsp3) is 0.394. The zero-order valence-electron chi connectivity index (χ0n) is 26.3. The van der Waals surface area contributed by atoms with Gasteiger partial charge in [0.05, 0.1) is 37.7 Å². The Morgan fingerprint density at radius 1 is 0.930 bits per heavy atom. The van der Waals surface area contributed by atoms with Gasteiger partial charge in [-0.3, -0.25) is 9.78 Å². The van der Waals surface area contributed by atoms with Crippen LogP contribution >= 0.6 is 0 Å². The number of amides is 1. The predicted octanol–water partition coefficient (Wildman–Crippen LogP) is 6.08. The third-order valence-electron chi connectivity index (χ3n) is 7.68. The molecule has 0 aliphatic carbocycles. The second-order valence-corrected chi connectivity index (χ2v) is 11.9. The highest BCUT2D eigenvalue weighted by Crippen LogP contribution is 2.47. The van der Waals surface area contributed by atoms with Crippen molar-refractivity contribution in [3.8, 4) is 11.8 Å². The Hall–Kier alpha value is -4.44. The third-order valence-corrected chi connectivity index (χ3v) is 7.68. The number of carbonyl (C=O) groups is 1. The number of aromatic nitrogens is 3. The zero-order valence-corrected chi connectivity index (χ0v) is 26.3. The van der Waals surface area contributed by atoms with Crippen LogP contribution in [-0.4, -0.2) is 42.1 Å². The van der Waals surface area contributed by atoms with E-state index in [0.717, 1.165) is 22.5 Å². The molecule has 5 rings (SSSR count). The molecule has 3 aromatic heterocycles. The Kier molecular flexibility index (Phi) is 7.91. The number of aryl methyl sites for hydroxylation is 2. The van der Waals surface area contributed by atoms with Crippen molar-refractivity contribution < 1.29 is 23.4 Å². The van der Waals surface area contributed by atoms with Crippen LogP contribution in [0.4, 0.5) is 11.6 Å². The van der Waals surface area contributed by atoms with E-state index >= 15 is 0 Å². The second-order valence-electron chi connectivity index (χ2n) is 11.9. The van der Waals surface area contributed by atoms with Gasteiger partial charge in [-0.05, 0) is 88.1 Å². The van der Waals surface area contributed by atoms with Crippen LogP contribution in [0.5, 0.6) is 11.8 Å². The molecular weight excluding hydrogens is 546 g/mol. The lowest BCUT2D eigenvalue weighted by molar-refractivity contribution is -0.105. The minimum atomic E-state index is -0.474. The van der Waals surface area contributed by atoms with Crippen LogP contribution < -0.4 is 19.7 Å². The number of carbonyl (C=O) groups excluding carboxylic acids is 1. The van der Waals surface area contributed by atoms with Crippen molar-refractivity contribution >= 4 is 17.5 Å².